The second kappa shape index (κ2) is 7.97. The molecule has 1 aliphatic heterocycles. The van der Waals surface area contributed by atoms with Crippen LogP contribution in [0.4, 0.5) is 0 Å². The van der Waals surface area contributed by atoms with E-state index in [-0.39, 0.29) is 24.2 Å². The topological polar surface area (TPSA) is 58.4 Å². The normalized spacial score (nSPS) is 25.1. The third-order valence-corrected chi connectivity index (χ3v) is 4.06. The van der Waals surface area contributed by atoms with Crippen molar-refractivity contribution in [2.45, 2.75) is 32.1 Å². The summed E-state index contributed by atoms with van der Waals surface area (Å²) in [5.74, 6) is 1.30. The van der Waals surface area contributed by atoms with E-state index in [1.165, 1.54) is 32.4 Å². The van der Waals surface area contributed by atoms with Crippen LogP contribution < -0.4 is 11.1 Å². The highest BCUT2D eigenvalue weighted by Crippen LogP contribution is 2.28. The Labute approximate surface area is 116 Å². The molecule has 2 rings (SSSR count). The first-order valence-corrected chi connectivity index (χ1v) is 6.99. The molecule has 0 radical (unpaired) electrons. The summed E-state index contributed by atoms with van der Waals surface area (Å²) in [6.45, 7) is 4.48. The van der Waals surface area contributed by atoms with Crippen molar-refractivity contribution in [2.75, 3.05) is 32.7 Å². The van der Waals surface area contributed by atoms with E-state index in [1.54, 1.807) is 0 Å². The van der Waals surface area contributed by atoms with Gasteiger partial charge in [-0.1, -0.05) is 6.42 Å². The second-order valence-electron chi connectivity index (χ2n) is 5.48. The number of rotatable bonds is 5. The van der Waals surface area contributed by atoms with Gasteiger partial charge in [-0.2, -0.15) is 0 Å². The molecule has 0 aromatic carbocycles. The fraction of sp³-hybridized carbons (Fsp3) is 0.923. The van der Waals surface area contributed by atoms with Crippen LogP contribution in [0.3, 0.4) is 0 Å². The standard InChI is InChI=1S/C13H25N3O.ClH/c14-6-7-15-13(17)12-5-2-8-16(10-12)9-11-3-1-4-11;/h11-12H,1-10,14H2,(H,15,17);1H. The Bertz CT molecular complexity index is 259. The molecule has 4 nitrogen and oxygen atoms in total. The van der Waals surface area contributed by atoms with Gasteiger partial charge in [-0.15, -0.1) is 12.4 Å². The average molecular weight is 276 g/mol. The third-order valence-electron chi connectivity index (χ3n) is 4.06. The minimum absolute atomic E-state index is 0. The molecule has 0 bridgehead atoms. The maximum Gasteiger partial charge on any atom is 0.224 e. The first-order valence-electron chi connectivity index (χ1n) is 6.99. The predicted octanol–water partition coefficient (Wildman–Crippen LogP) is 0.995. The molecule has 0 spiro atoms. The van der Waals surface area contributed by atoms with E-state index in [0.717, 1.165) is 25.3 Å². The summed E-state index contributed by atoms with van der Waals surface area (Å²) in [6.07, 6.45) is 6.38. The summed E-state index contributed by atoms with van der Waals surface area (Å²) in [6, 6.07) is 0. The molecule has 1 unspecified atom stereocenters. The van der Waals surface area contributed by atoms with Crippen LogP contribution >= 0.6 is 12.4 Å². The van der Waals surface area contributed by atoms with E-state index in [9.17, 15) is 4.79 Å². The second-order valence-corrected chi connectivity index (χ2v) is 5.48. The van der Waals surface area contributed by atoms with E-state index in [1.807, 2.05) is 0 Å². The number of amides is 1. The van der Waals surface area contributed by atoms with Crippen LogP contribution in [0, 0.1) is 11.8 Å². The van der Waals surface area contributed by atoms with Gasteiger partial charge >= 0.3 is 0 Å². The predicted molar refractivity (Wildman–Crippen MR) is 75.8 cm³/mol. The number of piperidine rings is 1. The van der Waals surface area contributed by atoms with Gasteiger partial charge in [-0.25, -0.2) is 0 Å². The van der Waals surface area contributed by atoms with Crippen LogP contribution in [0.1, 0.15) is 32.1 Å². The number of nitrogens with zero attached hydrogens (tertiary/aromatic N) is 1. The zero-order valence-corrected chi connectivity index (χ0v) is 11.9. The van der Waals surface area contributed by atoms with Crippen LogP contribution in [-0.2, 0) is 4.79 Å². The van der Waals surface area contributed by atoms with Crippen molar-refractivity contribution in [1.29, 1.82) is 0 Å². The van der Waals surface area contributed by atoms with Crippen molar-refractivity contribution in [3.05, 3.63) is 0 Å². The quantitative estimate of drug-likeness (QED) is 0.787. The zero-order chi connectivity index (χ0) is 12.1. The van der Waals surface area contributed by atoms with Crippen LogP contribution in [-0.4, -0.2) is 43.5 Å². The van der Waals surface area contributed by atoms with Gasteiger partial charge in [0.1, 0.15) is 0 Å². The first-order chi connectivity index (χ1) is 8.29. The van der Waals surface area contributed by atoms with Crippen molar-refractivity contribution in [1.82, 2.24) is 10.2 Å². The van der Waals surface area contributed by atoms with Crippen molar-refractivity contribution >= 4 is 18.3 Å². The molecular formula is C13H26ClN3O. The minimum Gasteiger partial charge on any atom is -0.355 e. The molecule has 18 heavy (non-hydrogen) atoms. The van der Waals surface area contributed by atoms with Gasteiger partial charge in [0.15, 0.2) is 0 Å². The lowest BCUT2D eigenvalue weighted by atomic mass is 9.84. The van der Waals surface area contributed by atoms with Crippen LogP contribution in [0.15, 0.2) is 0 Å². The van der Waals surface area contributed by atoms with Crippen LogP contribution in [0.5, 0.6) is 0 Å². The molecule has 1 saturated heterocycles. The van der Waals surface area contributed by atoms with Crippen molar-refractivity contribution in [3.63, 3.8) is 0 Å². The maximum absolute atomic E-state index is 11.9. The molecule has 3 N–H and O–H groups in total. The molecule has 5 heteroatoms. The highest BCUT2D eigenvalue weighted by atomic mass is 35.5. The van der Waals surface area contributed by atoms with E-state index in [0.29, 0.717) is 13.1 Å². The lowest BCUT2D eigenvalue weighted by Crippen LogP contribution is -2.45. The number of likely N-dealkylation sites (tertiary alicyclic amines) is 1. The lowest BCUT2D eigenvalue weighted by molar-refractivity contribution is -0.126. The Hall–Kier alpha value is -0.320. The molecular weight excluding hydrogens is 250 g/mol. The Morgan fingerprint density at radius 3 is 2.67 bits per heavy atom. The SMILES string of the molecule is Cl.NCCNC(=O)C1CCCN(CC2CCC2)C1. The summed E-state index contributed by atoms with van der Waals surface area (Å²) in [4.78, 5) is 14.4. The van der Waals surface area contributed by atoms with E-state index < -0.39 is 0 Å². The molecule has 0 aromatic rings. The Morgan fingerprint density at radius 2 is 2.06 bits per heavy atom. The summed E-state index contributed by atoms with van der Waals surface area (Å²) in [5, 5.41) is 2.91. The average Bonchev–Trinajstić information content (AvgIpc) is 2.31. The smallest absolute Gasteiger partial charge is 0.224 e. The summed E-state index contributed by atoms with van der Waals surface area (Å²) >= 11 is 0. The van der Waals surface area contributed by atoms with Gasteiger partial charge in [0.2, 0.25) is 5.91 Å². The van der Waals surface area contributed by atoms with Gasteiger partial charge in [0.25, 0.3) is 0 Å². The van der Waals surface area contributed by atoms with Gasteiger partial charge in [0, 0.05) is 26.2 Å². The zero-order valence-electron chi connectivity index (χ0n) is 11.1. The molecule has 1 heterocycles. The lowest BCUT2D eigenvalue weighted by Gasteiger charge is -2.37. The highest BCUT2D eigenvalue weighted by molar-refractivity contribution is 5.85. The Balaban J connectivity index is 0.00000162. The Morgan fingerprint density at radius 1 is 1.28 bits per heavy atom. The Kier molecular flexibility index (Phi) is 6.97. The molecule has 2 aliphatic rings. The number of halogens is 1. The van der Waals surface area contributed by atoms with Gasteiger partial charge in [-0.3, -0.25) is 4.79 Å². The third kappa shape index (κ3) is 4.41. The maximum atomic E-state index is 11.9. The van der Waals surface area contributed by atoms with E-state index in [4.69, 9.17) is 5.73 Å². The number of hydrogen-bond acceptors (Lipinski definition) is 3. The molecule has 1 amide bonds. The molecule has 106 valence electrons. The molecule has 1 saturated carbocycles. The fourth-order valence-electron chi connectivity index (χ4n) is 2.82. The summed E-state index contributed by atoms with van der Waals surface area (Å²) in [7, 11) is 0. The summed E-state index contributed by atoms with van der Waals surface area (Å²) < 4.78 is 0. The van der Waals surface area contributed by atoms with Gasteiger partial charge in [-0.05, 0) is 38.1 Å². The highest BCUT2D eigenvalue weighted by Gasteiger charge is 2.28. The monoisotopic (exact) mass is 275 g/mol. The van der Waals surface area contributed by atoms with E-state index in [2.05, 4.69) is 10.2 Å². The molecule has 1 atom stereocenters. The van der Waals surface area contributed by atoms with Crippen LogP contribution in [0.25, 0.3) is 0 Å². The number of nitrogens with one attached hydrogen (secondary N) is 1. The summed E-state index contributed by atoms with van der Waals surface area (Å²) in [5.41, 5.74) is 5.40. The first kappa shape index (κ1) is 15.7. The van der Waals surface area contributed by atoms with Crippen molar-refractivity contribution < 1.29 is 4.79 Å². The number of carbonyl (C=O) groups is 1. The van der Waals surface area contributed by atoms with E-state index >= 15 is 0 Å². The van der Waals surface area contributed by atoms with Gasteiger partial charge in [0.05, 0.1) is 5.92 Å². The molecule has 2 fully saturated rings. The number of nitrogens with two attached hydrogens (primary N) is 1. The minimum atomic E-state index is 0. The molecule has 1 aliphatic carbocycles. The van der Waals surface area contributed by atoms with Crippen molar-refractivity contribution in [2.24, 2.45) is 17.6 Å². The number of carbonyl (C=O) groups excluding carboxylic acids is 1. The fourth-order valence-corrected chi connectivity index (χ4v) is 2.82. The van der Waals surface area contributed by atoms with Crippen molar-refractivity contribution in [3.8, 4) is 0 Å². The van der Waals surface area contributed by atoms with Crippen LogP contribution in [0.2, 0.25) is 0 Å². The van der Waals surface area contributed by atoms with Gasteiger partial charge < -0.3 is 16.0 Å². The largest absolute Gasteiger partial charge is 0.355 e. The number of hydrogen-bond donors (Lipinski definition) is 2. The molecule has 0 aromatic heterocycles.